The maximum absolute atomic E-state index is 13.1. The Kier molecular flexibility index (Phi) is 4.49. The molecule has 0 saturated carbocycles. The number of carbonyl (C=O) groups excluding carboxylic acids is 1. The number of imidazole rings is 1. The van der Waals surface area contributed by atoms with Crippen molar-refractivity contribution < 1.29 is 18.0 Å². The van der Waals surface area contributed by atoms with Crippen LogP contribution < -0.4 is 0 Å². The lowest BCUT2D eigenvalue weighted by atomic mass is 9.86. The number of carbonyl (C=O) groups is 1. The summed E-state index contributed by atoms with van der Waals surface area (Å²) in [7, 11) is 0. The highest BCUT2D eigenvalue weighted by Crippen LogP contribution is 2.34. The van der Waals surface area contributed by atoms with Gasteiger partial charge in [0.25, 0.3) is 5.91 Å². The van der Waals surface area contributed by atoms with E-state index in [0.29, 0.717) is 13.1 Å². The molecule has 0 aliphatic carbocycles. The number of fused-ring (bicyclic) bond motifs is 3. The van der Waals surface area contributed by atoms with Crippen molar-refractivity contribution in [1.82, 2.24) is 24.3 Å². The van der Waals surface area contributed by atoms with Gasteiger partial charge >= 0.3 is 6.18 Å². The third-order valence-electron chi connectivity index (χ3n) is 6.10. The highest BCUT2D eigenvalue weighted by molar-refractivity contribution is 5.94. The van der Waals surface area contributed by atoms with Gasteiger partial charge in [0.15, 0.2) is 5.65 Å². The van der Waals surface area contributed by atoms with Gasteiger partial charge in [0.05, 0.1) is 29.0 Å². The number of hydrogen-bond acceptors (Lipinski definition) is 3. The zero-order chi connectivity index (χ0) is 21.8. The topological polar surface area (TPSA) is 66.3 Å². The quantitative estimate of drug-likeness (QED) is 0.512. The Morgan fingerprint density at radius 1 is 1.19 bits per heavy atom. The number of hydrogen-bond donors (Lipinski definition) is 1. The van der Waals surface area contributed by atoms with Crippen LogP contribution in [0.3, 0.4) is 0 Å². The van der Waals surface area contributed by atoms with Gasteiger partial charge in [0.2, 0.25) is 0 Å². The molecule has 160 valence electrons. The minimum absolute atomic E-state index is 0.0494. The number of aromatic amines is 1. The summed E-state index contributed by atoms with van der Waals surface area (Å²) < 4.78 is 41.3. The Hall–Kier alpha value is -3.36. The molecule has 1 aromatic carbocycles. The predicted octanol–water partition coefficient (Wildman–Crippen LogP) is 4.50. The van der Waals surface area contributed by atoms with Crippen molar-refractivity contribution in [3.63, 3.8) is 0 Å². The van der Waals surface area contributed by atoms with E-state index in [-0.39, 0.29) is 17.4 Å². The van der Waals surface area contributed by atoms with Crippen LogP contribution in [0.4, 0.5) is 13.2 Å². The predicted molar refractivity (Wildman–Crippen MR) is 109 cm³/mol. The molecule has 31 heavy (non-hydrogen) atoms. The van der Waals surface area contributed by atoms with E-state index in [9.17, 15) is 18.0 Å². The highest BCUT2D eigenvalue weighted by Gasteiger charge is 2.35. The normalized spacial score (nSPS) is 19.9. The lowest BCUT2D eigenvalue weighted by Gasteiger charge is -2.36. The summed E-state index contributed by atoms with van der Waals surface area (Å²) in [4.78, 5) is 26.8. The van der Waals surface area contributed by atoms with E-state index < -0.39 is 17.6 Å². The van der Waals surface area contributed by atoms with Crippen LogP contribution in [0, 0.1) is 5.92 Å². The summed E-state index contributed by atoms with van der Waals surface area (Å²) in [6, 6.07) is 6.54. The van der Waals surface area contributed by atoms with E-state index in [0.717, 1.165) is 41.1 Å². The number of nitrogens with zero attached hydrogens (tertiary/aromatic N) is 4. The number of aromatic nitrogens is 4. The average Bonchev–Trinajstić information content (AvgIpc) is 3.39. The van der Waals surface area contributed by atoms with E-state index in [4.69, 9.17) is 0 Å². The lowest BCUT2D eigenvalue weighted by molar-refractivity contribution is -0.137. The number of alkyl halides is 3. The van der Waals surface area contributed by atoms with Crippen molar-refractivity contribution in [1.29, 1.82) is 0 Å². The maximum atomic E-state index is 13.1. The lowest BCUT2D eigenvalue weighted by Crippen LogP contribution is -2.42. The first-order valence-electron chi connectivity index (χ1n) is 10.1. The van der Waals surface area contributed by atoms with Gasteiger partial charge in [0.1, 0.15) is 5.82 Å². The van der Waals surface area contributed by atoms with E-state index in [2.05, 4.69) is 21.9 Å². The minimum atomic E-state index is -4.49. The number of likely N-dealkylation sites (tertiary alicyclic amines) is 1. The Balaban J connectivity index is 1.48. The second-order valence-corrected chi connectivity index (χ2v) is 8.05. The van der Waals surface area contributed by atoms with Crippen LogP contribution >= 0.6 is 0 Å². The van der Waals surface area contributed by atoms with E-state index in [1.807, 2.05) is 16.7 Å². The van der Waals surface area contributed by atoms with Gasteiger partial charge in [-0.1, -0.05) is 13.0 Å². The number of rotatable bonds is 2. The molecule has 0 unspecified atom stereocenters. The van der Waals surface area contributed by atoms with Gasteiger partial charge in [-0.25, -0.2) is 9.97 Å². The van der Waals surface area contributed by atoms with Gasteiger partial charge < -0.3 is 9.88 Å². The van der Waals surface area contributed by atoms with E-state index in [1.165, 1.54) is 12.1 Å². The fourth-order valence-corrected chi connectivity index (χ4v) is 4.36. The Bertz CT molecular complexity index is 1280. The monoisotopic (exact) mass is 427 g/mol. The van der Waals surface area contributed by atoms with Crippen LogP contribution in [0.25, 0.3) is 16.7 Å². The third kappa shape index (κ3) is 3.34. The molecule has 0 radical (unpaired) electrons. The zero-order valence-electron chi connectivity index (χ0n) is 16.7. The number of H-pyrrole nitrogens is 1. The van der Waals surface area contributed by atoms with Gasteiger partial charge in [-0.3, -0.25) is 9.20 Å². The van der Waals surface area contributed by atoms with Crippen LogP contribution in [0.2, 0.25) is 0 Å². The molecule has 1 aliphatic heterocycles. The van der Waals surface area contributed by atoms with Gasteiger partial charge in [-0.2, -0.15) is 13.2 Å². The SMILES string of the molecule is C[C@@H]1CCN(C(=O)c2cccc(C(F)(F)F)c2)C[C@@H]1c1ncc2cnc3[nH]ccc3n12. The van der Waals surface area contributed by atoms with Crippen molar-refractivity contribution in [2.45, 2.75) is 25.4 Å². The minimum Gasteiger partial charge on any atom is -0.345 e. The zero-order valence-corrected chi connectivity index (χ0v) is 16.7. The first-order chi connectivity index (χ1) is 14.8. The van der Waals surface area contributed by atoms with E-state index in [1.54, 1.807) is 17.3 Å². The fraction of sp³-hybridized carbons (Fsp3) is 0.318. The first-order valence-corrected chi connectivity index (χ1v) is 10.1. The second-order valence-electron chi connectivity index (χ2n) is 8.05. The van der Waals surface area contributed by atoms with Crippen LogP contribution in [0.15, 0.2) is 48.9 Å². The average molecular weight is 427 g/mol. The van der Waals surface area contributed by atoms with Gasteiger partial charge in [-0.15, -0.1) is 0 Å². The molecule has 4 heterocycles. The molecular weight excluding hydrogens is 407 g/mol. The smallest absolute Gasteiger partial charge is 0.345 e. The largest absolute Gasteiger partial charge is 0.416 e. The summed E-state index contributed by atoms with van der Waals surface area (Å²) in [5.41, 5.74) is 1.73. The summed E-state index contributed by atoms with van der Waals surface area (Å²) >= 11 is 0. The standard InChI is InChI=1S/C22H20F3N5O/c1-13-6-8-29(21(31)14-3-2-4-15(9-14)22(23,24)25)12-17(13)20-28-11-16-10-27-19-18(30(16)20)5-7-26-19/h2-5,7,9-11,13,17,26H,6,8,12H2,1H3/t13-,17+/m1/s1. The van der Waals surface area contributed by atoms with Crippen molar-refractivity contribution in [2.24, 2.45) is 5.92 Å². The molecule has 9 heteroatoms. The van der Waals surface area contributed by atoms with Crippen molar-refractivity contribution >= 4 is 22.6 Å². The molecular formula is C22H20F3N5O. The fourth-order valence-electron chi connectivity index (χ4n) is 4.36. The molecule has 1 aliphatic rings. The molecule has 4 aromatic rings. The Labute approximate surface area is 175 Å². The molecule has 1 fully saturated rings. The molecule has 3 aromatic heterocycles. The Morgan fingerprint density at radius 3 is 2.81 bits per heavy atom. The summed E-state index contributed by atoms with van der Waals surface area (Å²) in [5.74, 6) is 0.651. The van der Waals surface area contributed by atoms with Gasteiger partial charge in [-0.05, 0) is 36.6 Å². The van der Waals surface area contributed by atoms with Crippen molar-refractivity contribution in [3.8, 4) is 0 Å². The van der Waals surface area contributed by atoms with E-state index >= 15 is 0 Å². The molecule has 5 rings (SSSR count). The Morgan fingerprint density at radius 2 is 2.00 bits per heavy atom. The van der Waals surface area contributed by atoms with Gasteiger partial charge in [0, 0.05) is 30.8 Å². The van der Waals surface area contributed by atoms with Crippen LogP contribution in [0.5, 0.6) is 0 Å². The number of halogens is 3. The second kappa shape index (κ2) is 7.11. The first kappa shape index (κ1) is 19.6. The molecule has 1 saturated heterocycles. The molecule has 1 amide bonds. The number of nitrogens with one attached hydrogen (secondary N) is 1. The molecule has 1 N–H and O–H groups in total. The molecule has 6 nitrogen and oxygen atoms in total. The summed E-state index contributed by atoms with van der Waals surface area (Å²) in [5, 5.41) is 0. The molecule has 0 spiro atoms. The van der Waals surface area contributed by atoms with Crippen LogP contribution in [0.1, 0.15) is 41.0 Å². The maximum Gasteiger partial charge on any atom is 0.416 e. The number of piperidine rings is 1. The molecule has 0 bridgehead atoms. The third-order valence-corrected chi connectivity index (χ3v) is 6.10. The van der Waals surface area contributed by atoms with Crippen LogP contribution in [-0.4, -0.2) is 43.2 Å². The summed E-state index contributed by atoms with van der Waals surface area (Å²) in [6.45, 7) is 3.01. The highest BCUT2D eigenvalue weighted by atomic mass is 19.4. The number of amides is 1. The van der Waals surface area contributed by atoms with Crippen LogP contribution in [-0.2, 0) is 6.18 Å². The molecule has 2 atom stereocenters. The summed E-state index contributed by atoms with van der Waals surface area (Å²) in [6.07, 6.45) is 1.57. The van der Waals surface area contributed by atoms with Crippen molar-refractivity contribution in [3.05, 3.63) is 65.9 Å². The van der Waals surface area contributed by atoms with Crippen molar-refractivity contribution in [2.75, 3.05) is 13.1 Å². The number of benzene rings is 1.